The average molecular weight is 321 g/mol. The Hall–Kier alpha value is -1.40. The van der Waals surface area contributed by atoms with Crippen LogP contribution in [-0.2, 0) is 10.0 Å². The number of aromatic nitrogens is 2. The van der Waals surface area contributed by atoms with Crippen molar-refractivity contribution in [2.75, 3.05) is 19.3 Å². The maximum atomic E-state index is 11.7. The molecule has 2 heterocycles. The normalized spacial score (nSPS) is 18.4. The summed E-state index contributed by atoms with van der Waals surface area (Å²) in [6.45, 7) is 5.59. The molecule has 1 aliphatic heterocycles. The lowest BCUT2D eigenvalue weighted by Gasteiger charge is -2.31. The van der Waals surface area contributed by atoms with Gasteiger partial charge in [-0.2, -0.15) is 5.10 Å². The monoisotopic (exact) mass is 321 g/mol. The molecule has 2 aromatic rings. The van der Waals surface area contributed by atoms with Crippen molar-refractivity contribution in [3.8, 4) is 0 Å². The first-order valence-corrected chi connectivity index (χ1v) is 9.63. The van der Waals surface area contributed by atoms with Crippen molar-refractivity contribution in [1.29, 1.82) is 0 Å². The molecule has 0 spiro atoms. The van der Waals surface area contributed by atoms with Gasteiger partial charge >= 0.3 is 0 Å². The fourth-order valence-electron chi connectivity index (χ4n) is 3.27. The summed E-state index contributed by atoms with van der Waals surface area (Å²) in [5, 5.41) is 8.42. The Labute approximate surface area is 131 Å². The Balaban J connectivity index is 1.92. The molecule has 1 saturated heterocycles. The number of nitrogens with one attached hydrogen (secondary N) is 1. The first-order chi connectivity index (χ1) is 10.4. The second-order valence-corrected chi connectivity index (χ2v) is 8.51. The molecule has 1 fully saturated rings. The first-order valence-electron chi connectivity index (χ1n) is 7.78. The van der Waals surface area contributed by atoms with E-state index in [2.05, 4.69) is 36.2 Å². The van der Waals surface area contributed by atoms with Crippen LogP contribution in [0.2, 0.25) is 0 Å². The van der Waals surface area contributed by atoms with E-state index in [1.807, 2.05) is 6.20 Å². The van der Waals surface area contributed by atoms with Gasteiger partial charge < -0.3 is 0 Å². The summed E-state index contributed by atoms with van der Waals surface area (Å²) in [6, 6.07) is 4.45. The molecule has 1 aromatic carbocycles. The molecule has 0 atom stereocenters. The highest BCUT2D eigenvalue weighted by atomic mass is 32.2. The molecule has 6 heteroatoms. The van der Waals surface area contributed by atoms with Gasteiger partial charge in [-0.25, -0.2) is 12.7 Å². The molecule has 5 nitrogen and oxygen atoms in total. The molecule has 3 rings (SSSR count). The largest absolute Gasteiger partial charge is 0.278 e. The molecular weight excluding hydrogens is 298 g/mol. The summed E-state index contributed by atoms with van der Waals surface area (Å²) < 4.78 is 24.9. The second kappa shape index (κ2) is 5.66. The molecule has 0 saturated carbocycles. The topological polar surface area (TPSA) is 66.1 Å². The number of fused-ring (bicyclic) bond motifs is 1. The van der Waals surface area contributed by atoms with Crippen LogP contribution in [0.4, 0.5) is 0 Å². The van der Waals surface area contributed by atoms with E-state index >= 15 is 0 Å². The first kappa shape index (κ1) is 15.5. The molecule has 1 aliphatic rings. The van der Waals surface area contributed by atoms with E-state index < -0.39 is 10.0 Å². The van der Waals surface area contributed by atoms with Crippen LogP contribution in [0.25, 0.3) is 10.9 Å². The summed E-state index contributed by atoms with van der Waals surface area (Å²) in [5.74, 6) is 0.861. The average Bonchev–Trinajstić information content (AvgIpc) is 2.93. The van der Waals surface area contributed by atoms with Crippen molar-refractivity contribution in [2.45, 2.75) is 38.5 Å². The molecule has 0 radical (unpaired) electrons. The van der Waals surface area contributed by atoms with Gasteiger partial charge in [0.15, 0.2) is 0 Å². The number of benzene rings is 1. The number of H-pyrrole nitrogens is 1. The standard InChI is InChI=1S/C16H23N3O2S/c1-11(2)13-8-14(15-10-17-18-16(15)9-13)12-4-6-19(7-5-12)22(3,20)21/h8-12H,4-7H2,1-3H3,(H,17,18). The summed E-state index contributed by atoms with van der Waals surface area (Å²) in [4.78, 5) is 0. The number of rotatable bonds is 3. The van der Waals surface area contributed by atoms with Gasteiger partial charge in [0.1, 0.15) is 0 Å². The molecule has 0 bridgehead atoms. The van der Waals surface area contributed by atoms with Gasteiger partial charge in [-0.15, -0.1) is 0 Å². The third-order valence-corrected chi connectivity index (χ3v) is 5.95. The number of sulfonamides is 1. The number of hydrogen-bond acceptors (Lipinski definition) is 3. The maximum absolute atomic E-state index is 11.7. The minimum Gasteiger partial charge on any atom is -0.278 e. The van der Waals surface area contributed by atoms with Crippen LogP contribution in [0.1, 0.15) is 49.7 Å². The molecular formula is C16H23N3O2S. The van der Waals surface area contributed by atoms with Gasteiger partial charge in [-0.05, 0) is 41.9 Å². The second-order valence-electron chi connectivity index (χ2n) is 6.53. The highest BCUT2D eigenvalue weighted by molar-refractivity contribution is 7.88. The van der Waals surface area contributed by atoms with Crippen molar-refractivity contribution >= 4 is 20.9 Å². The zero-order valence-corrected chi connectivity index (χ0v) is 14.2. The highest BCUT2D eigenvalue weighted by Crippen LogP contribution is 2.35. The van der Waals surface area contributed by atoms with E-state index in [4.69, 9.17) is 0 Å². The zero-order chi connectivity index (χ0) is 15.9. The van der Waals surface area contributed by atoms with Crippen molar-refractivity contribution in [1.82, 2.24) is 14.5 Å². The third kappa shape index (κ3) is 2.90. The van der Waals surface area contributed by atoms with Gasteiger partial charge in [0.2, 0.25) is 10.0 Å². The zero-order valence-electron chi connectivity index (χ0n) is 13.3. The van der Waals surface area contributed by atoms with Gasteiger partial charge in [0, 0.05) is 18.5 Å². The van der Waals surface area contributed by atoms with Gasteiger partial charge in [0.25, 0.3) is 0 Å². The van der Waals surface area contributed by atoms with Crippen LogP contribution in [0, 0.1) is 0 Å². The molecule has 1 aromatic heterocycles. The highest BCUT2D eigenvalue weighted by Gasteiger charge is 2.27. The van der Waals surface area contributed by atoms with E-state index in [1.165, 1.54) is 22.8 Å². The SMILES string of the molecule is CC(C)c1cc(C2CCN(S(C)(=O)=O)CC2)c2cn[nH]c2c1. The van der Waals surface area contributed by atoms with Crippen LogP contribution >= 0.6 is 0 Å². The molecule has 1 N–H and O–H groups in total. The number of nitrogens with zero attached hydrogens (tertiary/aromatic N) is 2. The van der Waals surface area contributed by atoms with Crippen molar-refractivity contribution < 1.29 is 8.42 Å². The van der Waals surface area contributed by atoms with E-state index in [1.54, 1.807) is 4.31 Å². The van der Waals surface area contributed by atoms with Crippen molar-refractivity contribution in [2.24, 2.45) is 0 Å². The van der Waals surface area contributed by atoms with Crippen LogP contribution in [0.5, 0.6) is 0 Å². The van der Waals surface area contributed by atoms with E-state index in [0.29, 0.717) is 24.9 Å². The van der Waals surface area contributed by atoms with E-state index in [0.717, 1.165) is 18.4 Å². The summed E-state index contributed by atoms with van der Waals surface area (Å²) in [5.41, 5.74) is 3.69. The van der Waals surface area contributed by atoms with Gasteiger partial charge in [-0.3, -0.25) is 5.10 Å². The Bertz CT molecular complexity index is 772. The van der Waals surface area contributed by atoms with Crippen LogP contribution in [-0.4, -0.2) is 42.3 Å². The predicted molar refractivity (Wildman–Crippen MR) is 88.6 cm³/mol. The van der Waals surface area contributed by atoms with Crippen LogP contribution in [0.3, 0.4) is 0 Å². The molecule has 0 aliphatic carbocycles. The summed E-state index contributed by atoms with van der Waals surface area (Å²) in [6.07, 6.45) is 4.92. The molecule has 120 valence electrons. The lowest BCUT2D eigenvalue weighted by molar-refractivity contribution is 0.322. The fraction of sp³-hybridized carbons (Fsp3) is 0.562. The smallest absolute Gasteiger partial charge is 0.211 e. The van der Waals surface area contributed by atoms with Crippen molar-refractivity contribution in [3.05, 3.63) is 29.5 Å². The van der Waals surface area contributed by atoms with Gasteiger partial charge in [0.05, 0.1) is 18.0 Å². The molecule has 0 unspecified atom stereocenters. The summed E-state index contributed by atoms with van der Waals surface area (Å²) >= 11 is 0. The number of piperidine rings is 1. The fourth-order valence-corrected chi connectivity index (χ4v) is 4.15. The maximum Gasteiger partial charge on any atom is 0.211 e. The Morgan fingerprint density at radius 3 is 2.55 bits per heavy atom. The Kier molecular flexibility index (Phi) is 3.99. The van der Waals surface area contributed by atoms with Crippen LogP contribution in [0.15, 0.2) is 18.3 Å². The van der Waals surface area contributed by atoms with Gasteiger partial charge in [-0.1, -0.05) is 19.9 Å². The lowest BCUT2D eigenvalue weighted by atomic mass is 9.86. The summed E-state index contributed by atoms with van der Waals surface area (Å²) in [7, 11) is -3.07. The lowest BCUT2D eigenvalue weighted by Crippen LogP contribution is -2.37. The minimum atomic E-state index is -3.07. The molecule has 0 amide bonds. The van der Waals surface area contributed by atoms with E-state index in [9.17, 15) is 8.42 Å². The Morgan fingerprint density at radius 1 is 1.27 bits per heavy atom. The van der Waals surface area contributed by atoms with Crippen molar-refractivity contribution in [3.63, 3.8) is 0 Å². The Morgan fingerprint density at radius 2 is 1.95 bits per heavy atom. The molecule has 22 heavy (non-hydrogen) atoms. The van der Waals surface area contributed by atoms with Crippen LogP contribution < -0.4 is 0 Å². The quantitative estimate of drug-likeness (QED) is 0.945. The predicted octanol–water partition coefficient (Wildman–Crippen LogP) is 2.83. The van der Waals surface area contributed by atoms with E-state index in [-0.39, 0.29) is 0 Å². The third-order valence-electron chi connectivity index (χ3n) is 4.64. The number of aromatic amines is 1. The number of hydrogen-bond donors (Lipinski definition) is 1. The minimum absolute atomic E-state index is 0.400.